The Kier molecular flexibility index (Phi) is 11.1. The number of benzene rings is 3. The Morgan fingerprint density at radius 2 is 1.55 bits per heavy atom. The number of fused-ring (bicyclic) bond motifs is 1. The quantitative estimate of drug-likeness (QED) is 0.204. The third-order valence-electron chi connectivity index (χ3n) is 13.5. The molecule has 0 unspecified atom stereocenters. The number of halogens is 1. The van der Waals surface area contributed by atoms with Crippen molar-refractivity contribution in [3.63, 3.8) is 0 Å². The summed E-state index contributed by atoms with van der Waals surface area (Å²) in [7, 11) is 0. The number of rotatable bonds is 11. The second-order valence-electron chi connectivity index (χ2n) is 18.1. The number of hydrogen-bond donors (Lipinski definition) is 3. The van der Waals surface area contributed by atoms with Crippen LogP contribution in [-0.2, 0) is 9.59 Å². The maximum absolute atomic E-state index is 13.5. The van der Waals surface area contributed by atoms with Gasteiger partial charge in [-0.15, -0.1) is 0 Å². The fraction of sp³-hybridized carbons (Fsp3) is 0.478. The van der Waals surface area contributed by atoms with Gasteiger partial charge >= 0.3 is 0 Å². The Morgan fingerprint density at radius 1 is 0.867 bits per heavy atom. The number of anilines is 2. The molecule has 0 spiro atoms. The van der Waals surface area contributed by atoms with E-state index in [2.05, 4.69) is 59.5 Å². The molecule has 5 aliphatic rings. The normalized spacial score (nSPS) is 24.8. The highest BCUT2D eigenvalue weighted by Crippen LogP contribution is 2.55. The Labute approximate surface area is 355 Å². The third kappa shape index (κ3) is 7.71. The van der Waals surface area contributed by atoms with Crippen molar-refractivity contribution in [2.45, 2.75) is 90.4 Å². The zero-order valence-electron chi connectivity index (χ0n) is 34.6. The van der Waals surface area contributed by atoms with Crippen LogP contribution < -0.4 is 30.5 Å². The first-order valence-corrected chi connectivity index (χ1v) is 21.4. The Morgan fingerprint density at radius 3 is 2.23 bits per heavy atom. The molecule has 1 saturated carbocycles. The standard InChI is InChI=1S/C46H52ClN7O6/c1-45(2)43(46(3,4)44(45)60-33-11-7-29(25-48)36(47)24-33)51-39(56)28-5-8-31(9-6-28)53-22-18-30(26-53)49-19-15-27-16-20-52(21-17-27)32-10-12-34-35(23-32)42(59)54(41(34)58)37-13-14-38(55)50-40(37)57/h5-12,23-24,27,30,37,43-44,49H,13-22,26H2,1-4H3,(H,51,56)(H,50,55,57)/t30-,37-,43?,44?/m1/s1. The second-order valence-corrected chi connectivity index (χ2v) is 18.5. The third-order valence-corrected chi connectivity index (χ3v) is 13.8. The van der Waals surface area contributed by atoms with E-state index in [1.807, 2.05) is 30.3 Å². The number of carbonyl (C=O) groups excluding carboxylic acids is 5. The van der Waals surface area contributed by atoms with Crippen molar-refractivity contribution in [3.8, 4) is 11.8 Å². The minimum Gasteiger partial charge on any atom is -0.489 e. The minimum absolute atomic E-state index is 0.0929. The van der Waals surface area contributed by atoms with Gasteiger partial charge < -0.3 is 25.2 Å². The van der Waals surface area contributed by atoms with E-state index in [-0.39, 0.29) is 41.7 Å². The van der Waals surface area contributed by atoms with Crippen molar-refractivity contribution in [2.24, 2.45) is 16.7 Å². The molecule has 3 saturated heterocycles. The van der Waals surface area contributed by atoms with E-state index in [9.17, 15) is 29.2 Å². The van der Waals surface area contributed by atoms with Gasteiger partial charge in [0.15, 0.2) is 0 Å². The first-order valence-electron chi connectivity index (χ1n) is 21.0. The average Bonchev–Trinajstić information content (AvgIpc) is 3.80. The summed E-state index contributed by atoms with van der Waals surface area (Å²) in [5, 5.41) is 18.9. The molecule has 8 rings (SSSR count). The summed E-state index contributed by atoms with van der Waals surface area (Å²) in [5.41, 5.74) is 2.92. The van der Waals surface area contributed by atoms with Gasteiger partial charge in [0.2, 0.25) is 11.8 Å². The monoisotopic (exact) mass is 833 g/mol. The van der Waals surface area contributed by atoms with Gasteiger partial charge in [-0.3, -0.25) is 34.2 Å². The molecule has 314 valence electrons. The van der Waals surface area contributed by atoms with E-state index in [4.69, 9.17) is 16.3 Å². The molecule has 5 amide bonds. The van der Waals surface area contributed by atoms with E-state index >= 15 is 0 Å². The molecule has 3 aromatic rings. The molecule has 0 radical (unpaired) electrons. The number of nitrogens with zero attached hydrogens (tertiary/aromatic N) is 4. The highest BCUT2D eigenvalue weighted by atomic mass is 35.5. The van der Waals surface area contributed by atoms with E-state index in [1.54, 1.807) is 30.3 Å². The number of hydrogen-bond acceptors (Lipinski definition) is 10. The number of imide groups is 2. The number of amides is 5. The lowest BCUT2D eigenvalue weighted by molar-refractivity contribution is -0.164. The van der Waals surface area contributed by atoms with Crippen molar-refractivity contribution in [2.75, 3.05) is 42.5 Å². The number of carbonyl (C=O) groups is 5. The van der Waals surface area contributed by atoms with Crippen LogP contribution in [0.2, 0.25) is 5.02 Å². The summed E-state index contributed by atoms with van der Waals surface area (Å²) in [6.07, 6.45) is 4.24. The Balaban J connectivity index is 0.767. The molecule has 1 aliphatic carbocycles. The van der Waals surface area contributed by atoms with Crippen LogP contribution in [0, 0.1) is 28.1 Å². The summed E-state index contributed by atoms with van der Waals surface area (Å²) in [4.78, 5) is 69.6. The van der Waals surface area contributed by atoms with Gasteiger partial charge in [0, 0.05) is 78.5 Å². The Hall–Kier alpha value is -5.45. The lowest BCUT2D eigenvalue weighted by atomic mass is 9.49. The topological polar surface area (TPSA) is 164 Å². The van der Waals surface area contributed by atoms with E-state index in [0.717, 1.165) is 74.7 Å². The van der Waals surface area contributed by atoms with E-state index < -0.39 is 29.7 Å². The summed E-state index contributed by atoms with van der Waals surface area (Å²) in [6.45, 7) is 12.9. The molecular formula is C46H52ClN7O6. The van der Waals surface area contributed by atoms with Crippen LogP contribution in [0.1, 0.15) is 103 Å². The maximum Gasteiger partial charge on any atom is 0.262 e. The highest BCUT2D eigenvalue weighted by molar-refractivity contribution is 6.31. The fourth-order valence-corrected chi connectivity index (χ4v) is 10.6. The number of nitrogens with one attached hydrogen (secondary N) is 3. The van der Waals surface area contributed by atoms with Crippen molar-refractivity contribution in [1.29, 1.82) is 5.26 Å². The van der Waals surface area contributed by atoms with Crippen LogP contribution in [0.25, 0.3) is 0 Å². The van der Waals surface area contributed by atoms with Gasteiger partial charge in [-0.05, 0) is 99.2 Å². The van der Waals surface area contributed by atoms with E-state index in [0.29, 0.717) is 45.0 Å². The summed E-state index contributed by atoms with van der Waals surface area (Å²) >= 11 is 6.25. The van der Waals surface area contributed by atoms with Gasteiger partial charge in [-0.25, -0.2) is 0 Å². The van der Waals surface area contributed by atoms with Crippen molar-refractivity contribution < 1.29 is 28.7 Å². The van der Waals surface area contributed by atoms with E-state index in [1.165, 1.54) is 0 Å². The predicted molar refractivity (Wildman–Crippen MR) is 227 cm³/mol. The molecule has 0 aromatic heterocycles. The summed E-state index contributed by atoms with van der Waals surface area (Å²) in [5.74, 6) is -0.896. The second kappa shape index (κ2) is 16.2. The largest absolute Gasteiger partial charge is 0.489 e. The predicted octanol–water partition coefficient (Wildman–Crippen LogP) is 5.70. The summed E-state index contributed by atoms with van der Waals surface area (Å²) < 4.78 is 6.38. The van der Waals surface area contributed by atoms with Crippen molar-refractivity contribution in [1.82, 2.24) is 20.9 Å². The zero-order chi connectivity index (χ0) is 42.5. The number of ether oxygens (including phenoxy) is 1. The maximum atomic E-state index is 13.5. The Bertz CT molecular complexity index is 2250. The fourth-order valence-electron chi connectivity index (χ4n) is 10.4. The van der Waals surface area contributed by atoms with Crippen LogP contribution in [0.5, 0.6) is 5.75 Å². The molecule has 3 aromatic carbocycles. The van der Waals surface area contributed by atoms with Crippen LogP contribution >= 0.6 is 11.6 Å². The smallest absolute Gasteiger partial charge is 0.262 e. The highest BCUT2D eigenvalue weighted by Gasteiger charge is 2.64. The molecule has 4 heterocycles. The lowest BCUT2D eigenvalue weighted by Gasteiger charge is -2.63. The number of piperidine rings is 2. The van der Waals surface area contributed by atoms with Crippen molar-refractivity contribution >= 4 is 52.5 Å². The molecule has 14 heteroatoms. The van der Waals surface area contributed by atoms with Crippen molar-refractivity contribution in [3.05, 3.63) is 87.9 Å². The molecule has 60 heavy (non-hydrogen) atoms. The zero-order valence-corrected chi connectivity index (χ0v) is 35.3. The SMILES string of the molecule is CC1(C)C(NC(=O)c2ccc(N3CC[C@@H](NCCC4CCN(c5ccc6c(c5)C(=O)N([C@@H]5CCC(=O)NC5=O)C6=O)CC4)C3)cc2)C(C)(C)C1Oc1ccc(C#N)c(Cl)c1. The molecule has 2 atom stereocenters. The first kappa shape index (κ1) is 41.3. The van der Waals surface area contributed by atoms with Gasteiger partial charge in [0.05, 0.1) is 21.7 Å². The van der Waals surface area contributed by atoms with Crippen LogP contribution in [0.4, 0.5) is 11.4 Å². The summed E-state index contributed by atoms with van der Waals surface area (Å²) in [6, 6.07) is 19.7. The molecule has 4 aliphatic heterocycles. The number of nitriles is 1. The average molecular weight is 834 g/mol. The van der Waals surface area contributed by atoms with Gasteiger partial charge in [-0.1, -0.05) is 39.3 Å². The molecule has 13 nitrogen and oxygen atoms in total. The molecular weight excluding hydrogens is 782 g/mol. The molecule has 4 fully saturated rings. The first-order chi connectivity index (χ1) is 28.6. The molecule has 3 N–H and O–H groups in total. The minimum atomic E-state index is -0.970. The van der Waals surface area contributed by atoms with Gasteiger partial charge in [-0.2, -0.15) is 5.26 Å². The van der Waals surface area contributed by atoms with Crippen LogP contribution in [0.3, 0.4) is 0 Å². The van der Waals surface area contributed by atoms with Gasteiger partial charge in [0.1, 0.15) is 24.0 Å². The lowest BCUT2D eigenvalue weighted by Crippen LogP contribution is -2.74. The molecule has 0 bridgehead atoms. The van der Waals surface area contributed by atoms with Gasteiger partial charge in [0.25, 0.3) is 17.7 Å². The van der Waals surface area contributed by atoms with Crippen LogP contribution in [0.15, 0.2) is 60.7 Å². The van der Waals surface area contributed by atoms with Crippen LogP contribution in [-0.4, -0.2) is 91.4 Å².